The van der Waals surface area contributed by atoms with Crippen molar-refractivity contribution in [3.63, 3.8) is 0 Å². The number of carbonyl (C=O) groups excluding carboxylic acids is 1. The van der Waals surface area contributed by atoms with Gasteiger partial charge in [-0.3, -0.25) is 9.69 Å². The van der Waals surface area contributed by atoms with Gasteiger partial charge in [-0.05, 0) is 55.3 Å². The van der Waals surface area contributed by atoms with Crippen LogP contribution in [0.15, 0.2) is 34.0 Å². The highest BCUT2D eigenvalue weighted by Gasteiger charge is 2.27. The summed E-state index contributed by atoms with van der Waals surface area (Å²) in [5, 5.41) is 29.5. The van der Waals surface area contributed by atoms with Crippen LogP contribution in [-0.4, -0.2) is 60.0 Å². The number of anilines is 1. The Morgan fingerprint density at radius 2 is 2.07 bits per heavy atom. The minimum Gasteiger partial charge on any atom is -0.507 e. The first-order valence-corrected chi connectivity index (χ1v) is 9.43. The molecule has 1 saturated heterocycles. The Hall–Kier alpha value is -3.80. The summed E-state index contributed by atoms with van der Waals surface area (Å²) in [6.07, 6.45) is 2.19. The van der Waals surface area contributed by atoms with E-state index in [0.717, 1.165) is 25.9 Å². The number of aromatic hydroxyl groups is 1. The predicted molar refractivity (Wildman–Crippen MR) is 106 cm³/mol. The molecule has 0 radical (unpaired) electrons. The van der Waals surface area contributed by atoms with E-state index >= 15 is 0 Å². The Labute approximate surface area is 171 Å². The third-order valence-corrected chi connectivity index (χ3v) is 4.84. The number of hydrogen-bond donors (Lipinski definition) is 3. The molecule has 0 aliphatic carbocycles. The SMILES string of the molecule is C/C(=N/NC(=O)c1c(CN2CCCC2)nnn1-c1nonc1N)c1ccccc1O. The van der Waals surface area contributed by atoms with Crippen molar-refractivity contribution in [2.24, 2.45) is 5.10 Å². The lowest BCUT2D eigenvalue weighted by atomic mass is 10.1. The van der Waals surface area contributed by atoms with Gasteiger partial charge < -0.3 is 10.8 Å². The quantitative estimate of drug-likeness (QED) is 0.391. The van der Waals surface area contributed by atoms with E-state index < -0.39 is 5.91 Å². The largest absolute Gasteiger partial charge is 0.507 e. The number of hydrazone groups is 1. The fourth-order valence-corrected chi connectivity index (χ4v) is 3.31. The van der Waals surface area contributed by atoms with E-state index in [2.05, 4.69) is 40.7 Å². The van der Waals surface area contributed by atoms with E-state index in [-0.39, 0.29) is 23.1 Å². The molecule has 0 bridgehead atoms. The van der Waals surface area contributed by atoms with Crippen molar-refractivity contribution in [1.29, 1.82) is 0 Å². The van der Waals surface area contributed by atoms with Gasteiger partial charge in [-0.15, -0.1) is 5.10 Å². The Bertz CT molecular complexity index is 1080. The molecule has 12 heteroatoms. The number of phenols is 1. The molecule has 12 nitrogen and oxygen atoms in total. The molecule has 3 aromatic rings. The van der Waals surface area contributed by atoms with E-state index in [9.17, 15) is 9.90 Å². The third-order valence-electron chi connectivity index (χ3n) is 4.84. The highest BCUT2D eigenvalue weighted by atomic mass is 16.6. The molecule has 0 saturated carbocycles. The highest BCUT2D eigenvalue weighted by molar-refractivity contribution is 6.02. The molecule has 1 aliphatic rings. The van der Waals surface area contributed by atoms with Gasteiger partial charge >= 0.3 is 0 Å². The number of nitrogens with zero attached hydrogens (tertiary/aromatic N) is 7. The Morgan fingerprint density at radius 1 is 1.30 bits per heavy atom. The molecule has 4 N–H and O–H groups in total. The van der Waals surface area contributed by atoms with Crippen LogP contribution in [0.3, 0.4) is 0 Å². The summed E-state index contributed by atoms with van der Waals surface area (Å²) < 4.78 is 5.83. The average Bonchev–Trinajstić information content (AvgIpc) is 3.48. The summed E-state index contributed by atoms with van der Waals surface area (Å²) in [7, 11) is 0. The van der Waals surface area contributed by atoms with E-state index in [1.165, 1.54) is 4.68 Å². The fourth-order valence-electron chi connectivity index (χ4n) is 3.31. The molecule has 156 valence electrons. The van der Waals surface area contributed by atoms with Crippen molar-refractivity contribution >= 4 is 17.4 Å². The van der Waals surface area contributed by atoms with Crippen LogP contribution < -0.4 is 11.2 Å². The second-order valence-electron chi connectivity index (χ2n) is 6.91. The summed E-state index contributed by atoms with van der Waals surface area (Å²) in [5.74, 6) is -0.431. The normalized spacial score (nSPS) is 14.9. The van der Waals surface area contributed by atoms with Crippen LogP contribution in [0.25, 0.3) is 5.82 Å². The minimum atomic E-state index is -0.550. The standard InChI is InChI=1S/C18H21N9O3/c1-11(12-6-2-3-7-14(12)28)20-22-18(29)15-13(10-26-8-4-5-9-26)21-25-27(15)17-16(19)23-30-24-17/h2-3,6-7,28H,4-5,8-10H2,1H3,(H2,19,23)(H,22,29)/b20-11-. The molecular weight excluding hydrogens is 390 g/mol. The van der Waals surface area contributed by atoms with E-state index in [1.54, 1.807) is 31.2 Å². The third kappa shape index (κ3) is 3.85. The van der Waals surface area contributed by atoms with Gasteiger partial charge in [-0.25, -0.2) is 10.1 Å². The molecule has 1 fully saturated rings. The number of amides is 1. The monoisotopic (exact) mass is 411 g/mol. The predicted octanol–water partition coefficient (Wildman–Crippen LogP) is 0.688. The van der Waals surface area contributed by atoms with Gasteiger partial charge in [-0.1, -0.05) is 17.3 Å². The molecule has 0 spiro atoms. The van der Waals surface area contributed by atoms with Crippen molar-refractivity contribution in [2.45, 2.75) is 26.3 Å². The fraction of sp³-hybridized carbons (Fsp3) is 0.333. The number of nitrogens with one attached hydrogen (secondary N) is 1. The van der Waals surface area contributed by atoms with Crippen LogP contribution in [0.5, 0.6) is 5.75 Å². The zero-order valence-corrected chi connectivity index (χ0v) is 16.3. The lowest BCUT2D eigenvalue weighted by Crippen LogP contribution is -2.26. The van der Waals surface area contributed by atoms with Gasteiger partial charge in [0.25, 0.3) is 5.91 Å². The first-order chi connectivity index (χ1) is 14.5. The Kier molecular flexibility index (Phi) is 5.39. The van der Waals surface area contributed by atoms with Crippen molar-refractivity contribution < 1.29 is 14.5 Å². The van der Waals surface area contributed by atoms with Crippen molar-refractivity contribution in [3.8, 4) is 11.6 Å². The van der Waals surface area contributed by atoms with E-state index in [0.29, 0.717) is 23.5 Å². The smallest absolute Gasteiger partial charge is 0.292 e. The lowest BCUT2D eigenvalue weighted by molar-refractivity contribution is 0.0945. The zero-order chi connectivity index (χ0) is 21.1. The lowest BCUT2D eigenvalue weighted by Gasteiger charge is -2.13. The summed E-state index contributed by atoms with van der Waals surface area (Å²) in [6, 6.07) is 6.72. The maximum atomic E-state index is 13.0. The summed E-state index contributed by atoms with van der Waals surface area (Å²) in [5.41, 5.74) is 9.82. The molecule has 3 heterocycles. The molecule has 1 amide bonds. The number of hydrogen-bond acceptors (Lipinski definition) is 10. The van der Waals surface area contributed by atoms with Gasteiger partial charge in [0, 0.05) is 12.1 Å². The summed E-state index contributed by atoms with van der Waals surface area (Å²) in [6.45, 7) is 3.98. The highest BCUT2D eigenvalue weighted by Crippen LogP contribution is 2.19. The van der Waals surface area contributed by atoms with Crippen molar-refractivity contribution in [3.05, 3.63) is 41.2 Å². The maximum Gasteiger partial charge on any atom is 0.292 e. The van der Waals surface area contributed by atoms with Crippen LogP contribution in [0.4, 0.5) is 5.82 Å². The number of nitrogen functional groups attached to an aromatic ring is 1. The van der Waals surface area contributed by atoms with Crippen LogP contribution >= 0.6 is 0 Å². The van der Waals surface area contributed by atoms with Crippen LogP contribution in [0, 0.1) is 0 Å². The molecule has 0 atom stereocenters. The number of carbonyl (C=O) groups is 1. The number of para-hydroxylation sites is 1. The number of rotatable bonds is 6. The van der Waals surface area contributed by atoms with E-state index in [1.807, 2.05) is 0 Å². The summed E-state index contributed by atoms with van der Waals surface area (Å²) >= 11 is 0. The molecule has 0 unspecified atom stereocenters. The second kappa shape index (κ2) is 8.29. The van der Waals surface area contributed by atoms with E-state index in [4.69, 9.17) is 5.73 Å². The topological polar surface area (TPSA) is 161 Å². The maximum absolute atomic E-state index is 13.0. The second-order valence-corrected chi connectivity index (χ2v) is 6.91. The van der Waals surface area contributed by atoms with Crippen LogP contribution in [-0.2, 0) is 6.54 Å². The molecule has 4 rings (SSSR count). The van der Waals surface area contributed by atoms with Crippen molar-refractivity contribution in [1.82, 2.24) is 35.6 Å². The van der Waals surface area contributed by atoms with Gasteiger partial charge in [0.15, 0.2) is 5.69 Å². The minimum absolute atomic E-state index is 0.0180. The number of likely N-dealkylation sites (tertiary alicyclic amines) is 1. The van der Waals surface area contributed by atoms with Crippen LogP contribution in [0.2, 0.25) is 0 Å². The molecule has 2 aromatic heterocycles. The first-order valence-electron chi connectivity index (χ1n) is 9.43. The number of benzene rings is 1. The summed E-state index contributed by atoms with van der Waals surface area (Å²) in [4.78, 5) is 15.2. The van der Waals surface area contributed by atoms with Gasteiger partial charge in [0.1, 0.15) is 11.4 Å². The molecule has 1 aromatic carbocycles. The number of phenolic OH excluding ortho intramolecular Hbond substituents is 1. The molecule has 30 heavy (non-hydrogen) atoms. The van der Waals surface area contributed by atoms with Crippen molar-refractivity contribution in [2.75, 3.05) is 18.8 Å². The van der Waals surface area contributed by atoms with Crippen LogP contribution in [0.1, 0.15) is 41.5 Å². The molecular formula is C18H21N9O3. The number of nitrogens with two attached hydrogens (primary N) is 1. The van der Waals surface area contributed by atoms with Gasteiger partial charge in [0.05, 0.1) is 5.71 Å². The van der Waals surface area contributed by atoms with Gasteiger partial charge in [-0.2, -0.15) is 9.78 Å². The Balaban J connectivity index is 1.64. The molecule has 1 aliphatic heterocycles. The number of aromatic nitrogens is 5. The Morgan fingerprint density at radius 3 is 2.77 bits per heavy atom. The van der Waals surface area contributed by atoms with Gasteiger partial charge in [0.2, 0.25) is 11.6 Å². The average molecular weight is 411 g/mol. The first kappa shape index (κ1) is 19.5. The zero-order valence-electron chi connectivity index (χ0n) is 16.3.